The summed E-state index contributed by atoms with van der Waals surface area (Å²) in [4.78, 5) is 24.1. The lowest BCUT2D eigenvalue weighted by atomic mass is 9.88. The molecule has 0 unspecified atom stereocenters. The fraction of sp³-hybridized carbons (Fsp3) is 0.556. The monoisotopic (exact) mass is 359 g/mol. The second kappa shape index (κ2) is 8.36. The molecule has 1 amide bonds. The molecule has 0 fully saturated rings. The van der Waals surface area contributed by atoms with Crippen molar-refractivity contribution in [2.24, 2.45) is 5.41 Å². The SMILES string of the molecule is CCC[C@H](NC(=O)CC(=O)C(C)(C)C)c1cccc(OC(F)(F)F)c1. The molecule has 1 N–H and O–H groups in total. The smallest absolute Gasteiger partial charge is 0.406 e. The molecule has 0 spiro atoms. The summed E-state index contributed by atoms with van der Waals surface area (Å²) in [6.45, 7) is 7.08. The predicted octanol–water partition coefficient (Wildman–Crippen LogP) is 4.55. The third-order valence-electron chi connectivity index (χ3n) is 3.56. The zero-order valence-corrected chi connectivity index (χ0v) is 14.9. The van der Waals surface area contributed by atoms with E-state index >= 15 is 0 Å². The molecule has 1 rings (SSSR count). The van der Waals surface area contributed by atoms with Crippen molar-refractivity contribution in [2.75, 3.05) is 0 Å². The van der Waals surface area contributed by atoms with Gasteiger partial charge in [0.15, 0.2) is 0 Å². The van der Waals surface area contributed by atoms with Crippen molar-refractivity contribution in [1.29, 1.82) is 0 Å². The van der Waals surface area contributed by atoms with Gasteiger partial charge in [-0.2, -0.15) is 0 Å². The first-order valence-corrected chi connectivity index (χ1v) is 8.10. The molecule has 1 atom stereocenters. The van der Waals surface area contributed by atoms with E-state index in [0.717, 1.165) is 0 Å². The first-order chi connectivity index (χ1) is 11.4. The second-order valence-corrected chi connectivity index (χ2v) is 6.88. The standard InChI is InChI=1S/C18H24F3NO3/c1-5-7-14(22-16(24)11-15(23)17(2,3)4)12-8-6-9-13(10-12)25-18(19,20)21/h6,8-10,14H,5,7,11H2,1-4H3,(H,22,24)/t14-/m0/s1. The summed E-state index contributed by atoms with van der Waals surface area (Å²) in [6, 6.07) is 5.02. The van der Waals surface area contributed by atoms with E-state index < -0.39 is 23.7 Å². The van der Waals surface area contributed by atoms with E-state index in [1.165, 1.54) is 18.2 Å². The highest BCUT2D eigenvalue weighted by Crippen LogP contribution is 2.27. The van der Waals surface area contributed by atoms with Crippen LogP contribution in [0.15, 0.2) is 24.3 Å². The molecule has 4 nitrogen and oxygen atoms in total. The van der Waals surface area contributed by atoms with Crippen LogP contribution in [0.4, 0.5) is 13.2 Å². The molecule has 0 bridgehead atoms. The number of rotatable bonds is 7. The average molecular weight is 359 g/mol. The summed E-state index contributed by atoms with van der Waals surface area (Å²) in [5.41, 5.74) is -0.127. The number of Topliss-reactive ketones (excluding diaryl/α,β-unsaturated/α-hetero) is 1. The number of ketones is 1. The Balaban J connectivity index is 2.88. The van der Waals surface area contributed by atoms with Crippen LogP contribution in [-0.4, -0.2) is 18.1 Å². The molecule has 1 aromatic carbocycles. The van der Waals surface area contributed by atoms with Crippen LogP contribution in [0.3, 0.4) is 0 Å². The van der Waals surface area contributed by atoms with Crippen molar-refractivity contribution in [1.82, 2.24) is 5.32 Å². The Morgan fingerprint density at radius 3 is 2.36 bits per heavy atom. The van der Waals surface area contributed by atoms with Crippen LogP contribution in [0.1, 0.15) is 58.6 Å². The minimum atomic E-state index is -4.78. The number of hydrogen-bond donors (Lipinski definition) is 1. The molecule has 0 saturated heterocycles. The summed E-state index contributed by atoms with van der Waals surface area (Å²) in [7, 11) is 0. The van der Waals surface area contributed by atoms with E-state index in [-0.39, 0.29) is 18.0 Å². The van der Waals surface area contributed by atoms with Crippen molar-refractivity contribution in [3.63, 3.8) is 0 Å². The molecule has 1 aromatic rings. The van der Waals surface area contributed by atoms with Crippen LogP contribution in [0.25, 0.3) is 0 Å². The minimum absolute atomic E-state index is 0.200. The number of amides is 1. The first-order valence-electron chi connectivity index (χ1n) is 8.10. The molecule has 0 aliphatic carbocycles. The molecule has 7 heteroatoms. The summed E-state index contributed by atoms with van der Waals surface area (Å²) >= 11 is 0. The van der Waals surface area contributed by atoms with Crippen LogP contribution in [0, 0.1) is 5.41 Å². The molecule has 0 heterocycles. The van der Waals surface area contributed by atoms with Crippen LogP contribution >= 0.6 is 0 Å². The maximum absolute atomic E-state index is 12.4. The molecule has 0 aliphatic rings. The Morgan fingerprint density at radius 2 is 1.84 bits per heavy atom. The van der Waals surface area contributed by atoms with Gasteiger partial charge in [-0.25, -0.2) is 0 Å². The predicted molar refractivity (Wildman–Crippen MR) is 88.0 cm³/mol. The topological polar surface area (TPSA) is 55.4 Å². The van der Waals surface area contributed by atoms with Gasteiger partial charge in [-0.05, 0) is 24.1 Å². The van der Waals surface area contributed by atoms with Crippen LogP contribution in [-0.2, 0) is 9.59 Å². The van der Waals surface area contributed by atoms with Crippen molar-refractivity contribution in [3.8, 4) is 5.75 Å². The number of ether oxygens (including phenoxy) is 1. The zero-order valence-electron chi connectivity index (χ0n) is 14.9. The fourth-order valence-electron chi connectivity index (χ4n) is 2.20. The molecule has 0 aromatic heterocycles. The van der Waals surface area contributed by atoms with Gasteiger partial charge in [0.25, 0.3) is 0 Å². The van der Waals surface area contributed by atoms with Gasteiger partial charge in [0, 0.05) is 5.41 Å². The second-order valence-electron chi connectivity index (χ2n) is 6.88. The number of halogens is 3. The van der Waals surface area contributed by atoms with E-state index in [0.29, 0.717) is 18.4 Å². The van der Waals surface area contributed by atoms with Gasteiger partial charge >= 0.3 is 6.36 Å². The number of hydrogen-bond acceptors (Lipinski definition) is 3. The first kappa shape index (κ1) is 21.0. The van der Waals surface area contributed by atoms with E-state index in [1.807, 2.05) is 6.92 Å². The Hall–Kier alpha value is -2.05. The average Bonchev–Trinajstić information content (AvgIpc) is 2.44. The van der Waals surface area contributed by atoms with E-state index in [9.17, 15) is 22.8 Å². The lowest BCUT2D eigenvalue weighted by Crippen LogP contribution is -2.33. The maximum atomic E-state index is 12.4. The van der Waals surface area contributed by atoms with Crippen molar-refractivity contribution < 1.29 is 27.5 Å². The normalized spacial score (nSPS) is 13.2. The van der Waals surface area contributed by atoms with Gasteiger partial charge in [-0.3, -0.25) is 9.59 Å². The third-order valence-corrected chi connectivity index (χ3v) is 3.56. The quantitative estimate of drug-likeness (QED) is 0.727. The third kappa shape index (κ3) is 7.58. The van der Waals surface area contributed by atoms with Crippen molar-refractivity contribution in [3.05, 3.63) is 29.8 Å². The molecule has 0 aliphatic heterocycles. The summed E-state index contributed by atoms with van der Waals surface area (Å²) in [5.74, 6) is -0.985. The lowest BCUT2D eigenvalue weighted by Gasteiger charge is -2.21. The van der Waals surface area contributed by atoms with Crippen molar-refractivity contribution in [2.45, 2.75) is 59.4 Å². The Labute approximate surface area is 145 Å². The van der Waals surface area contributed by atoms with Gasteiger partial charge in [-0.1, -0.05) is 46.2 Å². The van der Waals surface area contributed by atoms with Crippen molar-refractivity contribution >= 4 is 11.7 Å². The van der Waals surface area contributed by atoms with Gasteiger partial charge in [0.05, 0.1) is 12.5 Å². The Bertz CT molecular complexity index is 606. The lowest BCUT2D eigenvalue weighted by molar-refractivity contribution is -0.274. The minimum Gasteiger partial charge on any atom is -0.406 e. The molecular weight excluding hydrogens is 335 g/mol. The van der Waals surface area contributed by atoms with E-state index in [1.54, 1.807) is 26.8 Å². The highest BCUT2D eigenvalue weighted by Gasteiger charge is 2.31. The number of nitrogens with one attached hydrogen (secondary N) is 1. The Kier molecular flexibility index (Phi) is 7.02. The number of carbonyl (C=O) groups is 2. The Morgan fingerprint density at radius 1 is 1.20 bits per heavy atom. The van der Waals surface area contributed by atoms with Crippen LogP contribution < -0.4 is 10.1 Å². The molecule has 25 heavy (non-hydrogen) atoms. The van der Waals surface area contributed by atoms with E-state index in [4.69, 9.17) is 0 Å². The number of carbonyl (C=O) groups excluding carboxylic acids is 2. The summed E-state index contributed by atoms with van der Waals surface area (Å²) in [6.07, 6.45) is -3.79. The highest BCUT2D eigenvalue weighted by atomic mass is 19.4. The molecule has 140 valence electrons. The fourth-order valence-corrected chi connectivity index (χ4v) is 2.20. The van der Waals surface area contributed by atoms with E-state index in [2.05, 4.69) is 10.1 Å². The zero-order chi connectivity index (χ0) is 19.3. The number of benzene rings is 1. The van der Waals surface area contributed by atoms with Gasteiger partial charge in [0.2, 0.25) is 5.91 Å². The van der Waals surface area contributed by atoms with Crippen LogP contribution in [0.5, 0.6) is 5.75 Å². The molecule has 0 saturated carbocycles. The van der Waals surface area contributed by atoms with Gasteiger partial charge < -0.3 is 10.1 Å². The number of alkyl halides is 3. The molecular formula is C18H24F3NO3. The molecule has 0 radical (unpaired) electrons. The largest absolute Gasteiger partial charge is 0.573 e. The van der Waals surface area contributed by atoms with Gasteiger partial charge in [0.1, 0.15) is 11.5 Å². The maximum Gasteiger partial charge on any atom is 0.573 e. The summed E-state index contributed by atoms with van der Waals surface area (Å²) in [5, 5.41) is 2.73. The summed E-state index contributed by atoms with van der Waals surface area (Å²) < 4.78 is 41.0. The van der Waals surface area contributed by atoms with Crippen LogP contribution in [0.2, 0.25) is 0 Å². The van der Waals surface area contributed by atoms with Gasteiger partial charge in [-0.15, -0.1) is 13.2 Å². The highest BCUT2D eigenvalue weighted by molar-refractivity contribution is 6.00.